The van der Waals surface area contributed by atoms with Gasteiger partial charge in [-0.1, -0.05) is 24.3 Å². The summed E-state index contributed by atoms with van der Waals surface area (Å²) in [7, 11) is 0. The summed E-state index contributed by atoms with van der Waals surface area (Å²) >= 11 is 0. The van der Waals surface area contributed by atoms with Crippen LogP contribution in [0.15, 0.2) is 48.5 Å². The average molecular weight is 329 g/mol. The van der Waals surface area contributed by atoms with E-state index in [0.717, 1.165) is 11.3 Å². The van der Waals surface area contributed by atoms with Gasteiger partial charge in [0.25, 0.3) is 0 Å². The van der Waals surface area contributed by atoms with E-state index in [-0.39, 0.29) is 12.5 Å². The minimum atomic E-state index is -0.185. The Kier molecular flexibility index (Phi) is 7.11. The van der Waals surface area contributed by atoms with Gasteiger partial charge in [-0.15, -0.1) is 0 Å². The lowest BCUT2D eigenvalue weighted by atomic mass is 10.2. The lowest BCUT2D eigenvalue weighted by molar-refractivity contribution is -0.120. The minimum Gasteiger partial charge on any atom is -0.490 e. The lowest BCUT2D eigenvalue weighted by Gasteiger charge is -2.11. The van der Waals surface area contributed by atoms with E-state index in [1.807, 2.05) is 62.4 Å². The van der Waals surface area contributed by atoms with E-state index in [9.17, 15) is 4.79 Å². The summed E-state index contributed by atoms with van der Waals surface area (Å²) in [4.78, 5) is 11.8. The van der Waals surface area contributed by atoms with Gasteiger partial charge in [-0.3, -0.25) is 4.79 Å². The van der Waals surface area contributed by atoms with Crippen molar-refractivity contribution in [3.8, 4) is 11.5 Å². The van der Waals surface area contributed by atoms with Crippen molar-refractivity contribution in [2.45, 2.75) is 13.8 Å². The van der Waals surface area contributed by atoms with Gasteiger partial charge in [0.1, 0.15) is 13.2 Å². The Morgan fingerprint density at radius 3 is 2.46 bits per heavy atom. The molecule has 0 aliphatic carbocycles. The zero-order chi connectivity index (χ0) is 17.2. The summed E-state index contributed by atoms with van der Waals surface area (Å²) in [5.74, 6) is 1.19. The van der Waals surface area contributed by atoms with E-state index in [1.165, 1.54) is 0 Å². The summed E-state index contributed by atoms with van der Waals surface area (Å²) in [5, 5.41) is 2.79. The molecule has 0 atom stereocenters. The first kappa shape index (κ1) is 17.8. The van der Waals surface area contributed by atoms with Crippen LogP contribution in [0.1, 0.15) is 12.5 Å². The fourth-order valence-corrected chi connectivity index (χ4v) is 2.14. The molecule has 24 heavy (non-hydrogen) atoms. The van der Waals surface area contributed by atoms with Crippen molar-refractivity contribution < 1.29 is 19.0 Å². The molecule has 0 unspecified atom stereocenters. The molecule has 0 aromatic heterocycles. The second-order valence-electron chi connectivity index (χ2n) is 5.20. The van der Waals surface area contributed by atoms with Crippen LogP contribution in [-0.2, 0) is 9.53 Å². The highest BCUT2D eigenvalue weighted by atomic mass is 16.5. The summed E-state index contributed by atoms with van der Waals surface area (Å²) in [5.41, 5.74) is 1.86. The van der Waals surface area contributed by atoms with E-state index in [0.29, 0.717) is 31.3 Å². The second-order valence-corrected chi connectivity index (χ2v) is 5.20. The van der Waals surface area contributed by atoms with Crippen molar-refractivity contribution in [1.29, 1.82) is 0 Å². The van der Waals surface area contributed by atoms with Gasteiger partial charge >= 0.3 is 0 Å². The van der Waals surface area contributed by atoms with Crippen LogP contribution in [0.5, 0.6) is 11.5 Å². The molecule has 0 bridgehead atoms. The number of carbonyl (C=O) groups excluding carboxylic acids is 1. The van der Waals surface area contributed by atoms with Crippen molar-refractivity contribution >= 4 is 11.6 Å². The first-order chi connectivity index (χ1) is 11.7. The minimum absolute atomic E-state index is 0.00952. The molecule has 0 saturated carbocycles. The summed E-state index contributed by atoms with van der Waals surface area (Å²) in [6, 6.07) is 15.1. The maximum atomic E-state index is 11.8. The molecule has 2 aromatic rings. The smallest absolute Gasteiger partial charge is 0.250 e. The number of amides is 1. The molecule has 2 aromatic carbocycles. The highest BCUT2D eigenvalue weighted by Gasteiger charge is 2.05. The number of nitrogens with one attached hydrogen (secondary N) is 1. The van der Waals surface area contributed by atoms with Crippen LogP contribution in [0.4, 0.5) is 5.69 Å². The number of ether oxygens (including phenoxy) is 3. The van der Waals surface area contributed by atoms with Crippen LogP contribution >= 0.6 is 0 Å². The quantitative estimate of drug-likeness (QED) is 0.716. The number of carbonyl (C=O) groups is 1. The molecule has 0 fully saturated rings. The molecule has 0 radical (unpaired) electrons. The van der Waals surface area contributed by atoms with Crippen molar-refractivity contribution in [2.75, 3.05) is 31.7 Å². The summed E-state index contributed by atoms with van der Waals surface area (Å²) in [6.07, 6.45) is 0. The van der Waals surface area contributed by atoms with Gasteiger partial charge in [0.05, 0.1) is 13.2 Å². The molecular formula is C19H23NO4. The van der Waals surface area contributed by atoms with Gasteiger partial charge < -0.3 is 19.5 Å². The van der Waals surface area contributed by atoms with Crippen LogP contribution in [0.25, 0.3) is 0 Å². The molecule has 128 valence electrons. The topological polar surface area (TPSA) is 56.8 Å². The van der Waals surface area contributed by atoms with E-state index in [2.05, 4.69) is 5.32 Å². The number of rotatable bonds is 9. The normalized spacial score (nSPS) is 10.2. The summed E-state index contributed by atoms with van der Waals surface area (Å²) in [6.45, 7) is 5.14. The van der Waals surface area contributed by atoms with Gasteiger partial charge in [-0.05, 0) is 43.7 Å². The SMILES string of the molecule is CCOc1ccccc1OCCOCC(=O)Nc1cccc(C)c1. The average Bonchev–Trinajstić information content (AvgIpc) is 2.56. The third-order valence-electron chi connectivity index (χ3n) is 3.17. The third kappa shape index (κ3) is 5.93. The molecule has 1 amide bonds. The van der Waals surface area contributed by atoms with Crippen LogP contribution in [-0.4, -0.2) is 32.3 Å². The number of hydrogen-bond donors (Lipinski definition) is 1. The molecule has 2 rings (SSSR count). The maximum Gasteiger partial charge on any atom is 0.250 e. The molecule has 5 heteroatoms. The molecule has 0 saturated heterocycles. The standard InChI is InChI=1S/C19H23NO4/c1-3-23-17-9-4-5-10-18(17)24-12-11-22-14-19(21)20-16-8-6-7-15(2)13-16/h4-10,13H,3,11-12,14H2,1-2H3,(H,20,21). The Morgan fingerprint density at radius 2 is 1.75 bits per heavy atom. The van der Waals surface area contributed by atoms with Crippen LogP contribution in [0.2, 0.25) is 0 Å². The fraction of sp³-hybridized carbons (Fsp3) is 0.316. The zero-order valence-electron chi connectivity index (χ0n) is 14.1. The third-order valence-corrected chi connectivity index (χ3v) is 3.17. The Bertz CT molecular complexity index is 657. The first-order valence-electron chi connectivity index (χ1n) is 7.98. The Morgan fingerprint density at radius 1 is 1.00 bits per heavy atom. The van der Waals surface area contributed by atoms with Gasteiger partial charge in [0.15, 0.2) is 11.5 Å². The van der Waals surface area contributed by atoms with Gasteiger partial charge in [0, 0.05) is 5.69 Å². The van der Waals surface area contributed by atoms with Gasteiger partial charge in [0.2, 0.25) is 5.91 Å². The monoisotopic (exact) mass is 329 g/mol. The van der Waals surface area contributed by atoms with Crippen molar-refractivity contribution in [2.24, 2.45) is 0 Å². The van der Waals surface area contributed by atoms with Crippen molar-refractivity contribution in [3.63, 3.8) is 0 Å². The molecule has 5 nitrogen and oxygen atoms in total. The predicted octanol–water partition coefficient (Wildman–Crippen LogP) is 3.43. The predicted molar refractivity (Wildman–Crippen MR) is 93.7 cm³/mol. The van der Waals surface area contributed by atoms with E-state index in [4.69, 9.17) is 14.2 Å². The number of anilines is 1. The fourth-order valence-electron chi connectivity index (χ4n) is 2.14. The number of aryl methyl sites for hydroxylation is 1. The maximum absolute atomic E-state index is 11.8. The molecule has 0 aliphatic rings. The number of hydrogen-bond acceptors (Lipinski definition) is 4. The second kappa shape index (κ2) is 9.57. The molecule has 0 spiro atoms. The summed E-state index contributed by atoms with van der Waals surface area (Å²) < 4.78 is 16.4. The Hall–Kier alpha value is -2.53. The Labute approximate surface area is 142 Å². The zero-order valence-corrected chi connectivity index (χ0v) is 14.1. The molecule has 0 heterocycles. The van der Waals surface area contributed by atoms with E-state index in [1.54, 1.807) is 0 Å². The van der Waals surface area contributed by atoms with Gasteiger partial charge in [-0.2, -0.15) is 0 Å². The van der Waals surface area contributed by atoms with Crippen LogP contribution in [0, 0.1) is 6.92 Å². The van der Waals surface area contributed by atoms with Crippen molar-refractivity contribution in [1.82, 2.24) is 0 Å². The van der Waals surface area contributed by atoms with Crippen molar-refractivity contribution in [3.05, 3.63) is 54.1 Å². The molecular weight excluding hydrogens is 306 g/mol. The highest BCUT2D eigenvalue weighted by Crippen LogP contribution is 2.26. The lowest BCUT2D eigenvalue weighted by Crippen LogP contribution is -2.20. The number of benzene rings is 2. The Balaban J connectivity index is 1.67. The van der Waals surface area contributed by atoms with E-state index < -0.39 is 0 Å². The van der Waals surface area contributed by atoms with Crippen LogP contribution in [0.3, 0.4) is 0 Å². The molecule has 1 N–H and O–H groups in total. The van der Waals surface area contributed by atoms with E-state index >= 15 is 0 Å². The highest BCUT2D eigenvalue weighted by molar-refractivity contribution is 5.91. The van der Waals surface area contributed by atoms with Gasteiger partial charge in [-0.25, -0.2) is 0 Å². The largest absolute Gasteiger partial charge is 0.490 e. The number of para-hydroxylation sites is 2. The first-order valence-corrected chi connectivity index (χ1v) is 7.98. The molecule has 0 aliphatic heterocycles. The van der Waals surface area contributed by atoms with Crippen LogP contribution < -0.4 is 14.8 Å².